The smallest absolute Gasteiger partial charge is 0.0349 e. The summed E-state index contributed by atoms with van der Waals surface area (Å²) >= 11 is 0. The lowest BCUT2D eigenvalue weighted by Crippen LogP contribution is -2.50. The van der Waals surface area contributed by atoms with Gasteiger partial charge in [-0.3, -0.25) is 0 Å². The largest absolute Gasteiger partial charge is 0.0651 e. The fraction of sp³-hybridized carbons (Fsp3) is 1.00. The van der Waals surface area contributed by atoms with Gasteiger partial charge in [-0.2, -0.15) is 0 Å². The fourth-order valence-electron chi connectivity index (χ4n) is 5.77. The third-order valence-corrected chi connectivity index (χ3v) is 6.68. The Morgan fingerprint density at radius 1 is 0.875 bits per heavy atom. The van der Waals surface area contributed by atoms with Crippen LogP contribution in [0.4, 0.5) is 0 Å². The summed E-state index contributed by atoms with van der Waals surface area (Å²) in [4.78, 5) is 0. The molecule has 0 aromatic rings. The highest BCUT2D eigenvalue weighted by atomic mass is 14.6. The van der Waals surface area contributed by atoms with E-state index in [1.807, 2.05) is 0 Å². The molecule has 3 aliphatic carbocycles. The predicted molar refractivity (Wildman–Crippen MR) is 69.2 cm³/mol. The number of rotatable bonds is 2. The quantitative estimate of drug-likeness (QED) is 0.630. The van der Waals surface area contributed by atoms with Gasteiger partial charge in [0.25, 0.3) is 0 Å². The van der Waals surface area contributed by atoms with Crippen LogP contribution in [0.3, 0.4) is 0 Å². The first-order valence-electron chi connectivity index (χ1n) is 7.76. The van der Waals surface area contributed by atoms with Gasteiger partial charge in [0.1, 0.15) is 0 Å². The number of hydrogen-bond acceptors (Lipinski definition) is 0. The molecule has 3 aliphatic rings. The minimum absolute atomic E-state index is 1.05. The molecule has 0 N–H and O–H groups in total. The highest BCUT2D eigenvalue weighted by Crippen LogP contribution is 2.61. The topological polar surface area (TPSA) is 0 Å². The molecule has 3 saturated carbocycles. The van der Waals surface area contributed by atoms with Crippen LogP contribution >= 0.6 is 0 Å². The Bertz CT molecular complexity index is 257. The second-order valence-electron chi connectivity index (χ2n) is 6.90. The molecule has 16 heavy (non-hydrogen) atoms. The van der Waals surface area contributed by atoms with Crippen LogP contribution in [0, 0.1) is 41.4 Å². The first-order valence-corrected chi connectivity index (χ1v) is 7.76. The molecule has 0 heteroatoms. The van der Waals surface area contributed by atoms with E-state index in [0.29, 0.717) is 0 Å². The molecule has 0 aromatic carbocycles. The molecule has 7 unspecified atom stereocenters. The standard InChI is InChI=1S/C16H28/c1-4-11-6-7-12-8-14-10(3)13(5-2)16(14)9-15(11)12/h10-16H,4-9H2,1-3H3. The molecule has 7 atom stereocenters. The Labute approximate surface area is 101 Å². The van der Waals surface area contributed by atoms with Crippen molar-refractivity contribution >= 4 is 0 Å². The minimum atomic E-state index is 1.05. The van der Waals surface area contributed by atoms with Gasteiger partial charge in [-0.05, 0) is 67.1 Å². The average molecular weight is 220 g/mol. The van der Waals surface area contributed by atoms with Gasteiger partial charge in [0.15, 0.2) is 0 Å². The molecule has 3 fully saturated rings. The van der Waals surface area contributed by atoms with Crippen molar-refractivity contribution < 1.29 is 0 Å². The molecule has 0 spiro atoms. The summed E-state index contributed by atoms with van der Waals surface area (Å²) in [5, 5.41) is 0. The van der Waals surface area contributed by atoms with Gasteiger partial charge in [0, 0.05) is 0 Å². The van der Waals surface area contributed by atoms with Crippen molar-refractivity contribution in [1.82, 2.24) is 0 Å². The summed E-state index contributed by atoms with van der Waals surface area (Å²) in [6.07, 6.45) is 9.22. The molecule has 0 aromatic heterocycles. The zero-order chi connectivity index (χ0) is 11.3. The molecule has 0 aliphatic heterocycles. The van der Waals surface area contributed by atoms with Crippen molar-refractivity contribution in [2.24, 2.45) is 41.4 Å². The Balaban J connectivity index is 1.71. The number of fused-ring (bicyclic) bond motifs is 2. The molecule has 0 nitrogen and oxygen atoms in total. The maximum atomic E-state index is 2.53. The fourth-order valence-corrected chi connectivity index (χ4v) is 5.77. The summed E-state index contributed by atoms with van der Waals surface area (Å²) in [6.45, 7) is 7.36. The first kappa shape index (κ1) is 11.1. The van der Waals surface area contributed by atoms with E-state index in [9.17, 15) is 0 Å². The van der Waals surface area contributed by atoms with Gasteiger partial charge in [-0.25, -0.2) is 0 Å². The average Bonchev–Trinajstić information content (AvgIpc) is 2.70. The van der Waals surface area contributed by atoms with Crippen LogP contribution in [0.25, 0.3) is 0 Å². The predicted octanol–water partition coefficient (Wildman–Crippen LogP) is 4.74. The van der Waals surface area contributed by atoms with E-state index in [-0.39, 0.29) is 0 Å². The van der Waals surface area contributed by atoms with Gasteiger partial charge in [0.05, 0.1) is 0 Å². The molecule has 0 amide bonds. The molecular weight excluding hydrogens is 192 g/mol. The third-order valence-electron chi connectivity index (χ3n) is 6.68. The van der Waals surface area contributed by atoms with Crippen molar-refractivity contribution in [1.29, 1.82) is 0 Å². The molecule has 3 rings (SSSR count). The minimum Gasteiger partial charge on any atom is -0.0651 e. The summed E-state index contributed by atoms with van der Waals surface area (Å²) in [5.41, 5.74) is 0. The molecular formula is C16H28. The summed E-state index contributed by atoms with van der Waals surface area (Å²) in [7, 11) is 0. The third kappa shape index (κ3) is 1.41. The van der Waals surface area contributed by atoms with Crippen molar-refractivity contribution in [2.45, 2.75) is 59.3 Å². The molecule has 0 saturated heterocycles. The lowest BCUT2D eigenvalue weighted by Gasteiger charge is -2.57. The highest BCUT2D eigenvalue weighted by molar-refractivity contribution is 5.02. The van der Waals surface area contributed by atoms with Crippen LogP contribution in [-0.4, -0.2) is 0 Å². The van der Waals surface area contributed by atoms with E-state index in [1.54, 1.807) is 25.7 Å². The van der Waals surface area contributed by atoms with Gasteiger partial charge in [-0.1, -0.05) is 33.6 Å². The highest BCUT2D eigenvalue weighted by Gasteiger charge is 2.53. The molecule has 0 bridgehead atoms. The maximum absolute atomic E-state index is 2.53. The van der Waals surface area contributed by atoms with Crippen LogP contribution in [0.15, 0.2) is 0 Å². The van der Waals surface area contributed by atoms with Crippen LogP contribution < -0.4 is 0 Å². The summed E-state index contributed by atoms with van der Waals surface area (Å²) in [6, 6.07) is 0. The van der Waals surface area contributed by atoms with E-state index in [4.69, 9.17) is 0 Å². The maximum Gasteiger partial charge on any atom is -0.0349 e. The van der Waals surface area contributed by atoms with Crippen molar-refractivity contribution in [3.63, 3.8) is 0 Å². The Kier molecular flexibility index (Phi) is 2.80. The second kappa shape index (κ2) is 4.03. The van der Waals surface area contributed by atoms with Crippen molar-refractivity contribution in [2.75, 3.05) is 0 Å². The van der Waals surface area contributed by atoms with Gasteiger partial charge >= 0.3 is 0 Å². The molecule has 92 valence electrons. The van der Waals surface area contributed by atoms with E-state index in [0.717, 1.165) is 41.4 Å². The van der Waals surface area contributed by atoms with Crippen LogP contribution in [-0.2, 0) is 0 Å². The van der Waals surface area contributed by atoms with Crippen LogP contribution in [0.2, 0.25) is 0 Å². The Hall–Kier alpha value is 0. The normalized spacial score (nSPS) is 55.3. The van der Waals surface area contributed by atoms with E-state index < -0.39 is 0 Å². The molecule has 0 heterocycles. The Morgan fingerprint density at radius 2 is 1.69 bits per heavy atom. The van der Waals surface area contributed by atoms with Crippen molar-refractivity contribution in [3.8, 4) is 0 Å². The summed E-state index contributed by atoms with van der Waals surface area (Å²) in [5.74, 6) is 7.76. The lowest BCUT2D eigenvalue weighted by atomic mass is 9.48. The van der Waals surface area contributed by atoms with Crippen molar-refractivity contribution in [3.05, 3.63) is 0 Å². The first-order chi connectivity index (χ1) is 7.76. The van der Waals surface area contributed by atoms with E-state index in [1.165, 1.54) is 12.8 Å². The summed E-state index contributed by atoms with van der Waals surface area (Å²) < 4.78 is 0. The number of hydrogen-bond donors (Lipinski definition) is 0. The second-order valence-corrected chi connectivity index (χ2v) is 6.90. The van der Waals surface area contributed by atoms with Crippen LogP contribution in [0.5, 0.6) is 0 Å². The Morgan fingerprint density at radius 3 is 2.38 bits per heavy atom. The van der Waals surface area contributed by atoms with E-state index in [2.05, 4.69) is 20.8 Å². The monoisotopic (exact) mass is 220 g/mol. The zero-order valence-electron chi connectivity index (χ0n) is 11.3. The van der Waals surface area contributed by atoms with Gasteiger partial charge < -0.3 is 0 Å². The van der Waals surface area contributed by atoms with E-state index >= 15 is 0 Å². The molecule has 0 radical (unpaired) electrons. The van der Waals surface area contributed by atoms with Crippen LogP contribution in [0.1, 0.15) is 59.3 Å². The zero-order valence-corrected chi connectivity index (χ0v) is 11.3. The SMILES string of the molecule is CCC1CCC2CC3C(C)C(CC)C3CC12. The van der Waals surface area contributed by atoms with Gasteiger partial charge in [-0.15, -0.1) is 0 Å². The lowest BCUT2D eigenvalue weighted by molar-refractivity contribution is -0.0820. The van der Waals surface area contributed by atoms with Gasteiger partial charge in [0.2, 0.25) is 0 Å².